The van der Waals surface area contributed by atoms with E-state index in [0.717, 1.165) is 22.9 Å². The third-order valence-corrected chi connectivity index (χ3v) is 6.92. The molecule has 11 heteroatoms. The number of pyridine rings is 1. The van der Waals surface area contributed by atoms with E-state index < -0.39 is 11.7 Å². The average Bonchev–Trinajstić information content (AvgIpc) is 3.32. The molecule has 0 saturated heterocycles. The van der Waals surface area contributed by atoms with Crippen molar-refractivity contribution in [2.24, 2.45) is 0 Å². The predicted octanol–water partition coefficient (Wildman–Crippen LogP) is 5.43. The Hall–Kier alpha value is -4.12. The summed E-state index contributed by atoms with van der Waals surface area (Å²) >= 11 is 0. The lowest BCUT2D eigenvalue weighted by Crippen LogP contribution is -2.20. The molecule has 1 unspecified atom stereocenters. The lowest BCUT2D eigenvalue weighted by atomic mass is 9.96. The number of fused-ring (bicyclic) bond motifs is 3. The van der Waals surface area contributed by atoms with Gasteiger partial charge in [-0.15, -0.1) is 0 Å². The quantitative estimate of drug-likeness (QED) is 0.353. The van der Waals surface area contributed by atoms with Crippen LogP contribution >= 0.6 is 0 Å². The third kappa shape index (κ3) is 5.01. The molecule has 2 aliphatic rings. The van der Waals surface area contributed by atoms with E-state index in [9.17, 15) is 18.0 Å². The van der Waals surface area contributed by atoms with Crippen LogP contribution in [0.15, 0.2) is 42.6 Å². The first kappa shape index (κ1) is 25.2. The van der Waals surface area contributed by atoms with Crippen molar-refractivity contribution in [2.45, 2.75) is 37.9 Å². The number of nitrogens with zero attached hydrogens (tertiary/aromatic N) is 3. The molecule has 39 heavy (non-hydrogen) atoms. The number of amides is 1. The predicted molar refractivity (Wildman–Crippen MR) is 138 cm³/mol. The monoisotopic (exact) mass is 537 g/mol. The number of aromatic amines is 1. The number of halogens is 3. The van der Waals surface area contributed by atoms with Gasteiger partial charge in [0.15, 0.2) is 0 Å². The van der Waals surface area contributed by atoms with Gasteiger partial charge >= 0.3 is 6.18 Å². The lowest BCUT2D eigenvalue weighted by molar-refractivity contribution is -0.137. The number of benzene rings is 2. The maximum atomic E-state index is 13.6. The number of H-pyrrole nitrogens is 1. The topological polar surface area (TPSA) is 92.4 Å². The molecule has 8 nitrogen and oxygen atoms in total. The van der Waals surface area contributed by atoms with Gasteiger partial charge < -0.3 is 24.7 Å². The van der Waals surface area contributed by atoms with E-state index in [1.165, 1.54) is 6.07 Å². The Labute approximate surface area is 222 Å². The molecule has 2 aromatic heterocycles. The first-order chi connectivity index (χ1) is 18.6. The largest absolute Gasteiger partial charge is 0.493 e. The van der Waals surface area contributed by atoms with Gasteiger partial charge in [-0.2, -0.15) is 13.2 Å². The number of hydrogen-bond donors (Lipinski definition) is 2. The van der Waals surface area contributed by atoms with E-state index in [-0.39, 0.29) is 11.8 Å². The number of ether oxygens (including phenoxy) is 2. The summed E-state index contributed by atoms with van der Waals surface area (Å²) in [7, 11) is 3.62. The molecule has 2 aliphatic heterocycles. The highest BCUT2D eigenvalue weighted by Gasteiger charge is 2.33. The Morgan fingerprint density at radius 2 is 2.00 bits per heavy atom. The van der Waals surface area contributed by atoms with Crippen LogP contribution in [0.5, 0.6) is 17.2 Å². The van der Waals surface area contributed by atoms with Crippen molar-refractivity contribution in [1.29, 1.82) is 0 Å². The first-order valence-electron chi connectivity index (χ1n) is 12.6. The summed E-state index contributed by atoms with van der Waals surface area (Å²) in [6.45, 7) is 0.678. The van der Waals surface area contributed by atoms with Crippen molar-refractivity contribution in [3.05, 3.63) is 70.7 Å². The number of imidazole rings is 1. The number of alkyl halides is 3. The highest BCUT2D eigenvalue weighted by atomic mass is 19.4. The van der Waals surface area contributed by atoms with Gasteiger partial charge in [0, 0.05) is 24.7 Å². The molecular weight excluding hydrogens is 511 g/mol. The van der Waals surface area contributed by atoms with Gasteiger partial charge in [-0.1, -0.05) is 0 Å². The molecule has 0 radical (unpaired) electrons. The molecule has 0 aliphatic carbocycles. The molecule has 2 aromatic carbocycles. The number of nitrogens with one attached hydrogen (secondary N) is 2. The zero-order valence-corrected chi connectivity index (χ0v) is 21.4. The molecule has 1 atom stereocenters. The summed E-state index contributed by atoms with van der Waals surface area (Å²) in [6, 6.07) is 9.63. The number of hydrogen-bond acceptors (Lipinski definition) is 6. The minimum atomic E-state index is -4.45. The number of anilines is 1. The van der Waals surface area contributed by atoms with Gasteiger partial charge in [0.1, 0.15) is 28.9 Å². The minimum absolute atomic E-state index is 0.0711. The number of carbonyl (C=O) groups excluding carboxylic acids is 1. The molecule has 202 valence electrons. The van der Waals surface area contributed by atoms with E-state index in [0.29, 0.717) is 72.2 Å². The molecule has 0 saturated carbocycles. The van der Waals surface area contributed by atoms with Crippen molar-refractivity contribution >= 4 is 22.8 Å². The Kier molecular flexibility index (Phi) is 6.17. The molecule has 4 heterocycles. The van der Waals surface area contributed by atoms with Crippen LogP contribution in [0.3, 0.4) is 0 Å². The molecule has 0 bridgehead atoms. The fraction of sp³-hybridized carbons (Fsp3) is 0.321. The Morgan fingerprint density at radius 1 is 1.15 bits per heavy atom. The second-order valence-corrected chi connectivity index (χ2v) is 10.2. The smallest absolute Gasteiger partial charge is 0.416 e. The molecule has 6 rings (SSSR count). The van der Waals surface area contributed by atoms with Crippen LogP contribution in [-0.2, 0) is 30.4 Å². The van der Waals surface area contributed by atoms with Crippen LogP contribution in [0.1, 0.15) is 40.4 Å². The SMILES string of the molecule is CN(C)Cc1cc(C(F)(F)F)cc2[nH]c(C3COc4ccc(Oc5ccnc6c5CCC(=O)N6)cc4C3)nc12. The number of rotatable bonds is 5. The summed E-state index contributed by atoms with van der Waals surface area (Å²) in [5.41, 5.74) is 2.45. The first-order valence-corrected chi connectivity index (χ1v) is 12.6. The number of aromatic nitrogens is 3. The van der Waals surface area contributed by atoms with Gasteiger partial charge in [-0.3, -0.25) is 4.79 Å². The number of carbonyl (C=O) groups is 1. The van der Waals surface area contributed by atoms with E-state index in [1.54, 1.807) is 12.3 Å². The van der Waals surface area contributed by atoms with Gasteiger partial charge in [0.05, 0.1) is 29.1 Å². The van der Waals surface area contributed by atoms with Crippen LogP contribution in [0.25, 0.3) is 11.0 Å². The minimum Gasteiger partial charge on any atom is -0.493 e. The standard InChI is InChI=1S/C28H26F3N5O3/c1-36(2)13-16-10-18(28(29,30)31)12-21-25(16)35-26(33-21)17-9-15-11-19(3-5-22(15)38-14-17)39-23-7-8-32-27-20(23)4-6-24(37)34-27/h3,5,7-8,10-12,17H,4,6,9,13-14H2,1-2H3,(H,33,35)(H,32,34,37). The summed E-state index contributed by atoms with van der Waals surface area (Å²) in [5, 5.41) is 2.77. The van der Waals surface area contributed by atoms with Crippen LogP contribution < -0.4 is 14.8 Å². The summed E-state index contributed by atoms with van der Waals surface area (Å²) in [5.74, 6) is 2.81. The molecule has 1 amide bonds. The van der Waals surface area contributed by atoms with E-state index in [4.69, 9.17) is 14.5 Å². The fourth-order valence-electron chi connectivity index (χ4n) is 5.12. The van der Waals surface area contributed by atoms with Crippen LogP contribution in [-0.4, -0.2) is 46.5 Å². The Balaban J connectivity index is 1.28. The normalized spacial score (nSPS) is 17.0. The van der Waals surface area contributed by atoms with E-state index >= 15 is 0 Å². The molecule has 0 fully saturated rings. The van der Waals surface area contributed by atoms with Crippen LogP contribution in [0.2, 0.25) is 0 Å². The average molecular weight is 538 g/mol. The van der Waals surface area contributed by atoms with Gasteiger partial charge in [0.2, 0.25) is 5.91 Å². The van der Waals surface area contributed by atoms with Gasteiger partial charge in [-0.05, 0) is 74.5 Å². The zero-order valence-electron chi connectivity index (χ0n) is 21.4. The summed E-state index contributed by atoms with van der Waals surface area (Å²) < 4.78 is 52.9. The van der Waals surface area contributed by atoms with Crippen molar-refractivity contribution in [3.8, 4) is 17.2 Å². The summed E-state index contributed by atoms with van der Waals surface area (Å²) in [4.78, 5) is 25.6. The molecule has 4 aromatic rings. The van der Waals surface area contributed by atoms with Crippen LogP contribution in [0, 0.1) is 0 Å². The van der Waals surface area contributed by atoms with Crippen LogP contribution in [0.4, 0.5) is 19.0 Å². The maximum Gasteiger partial charge on any atom is 0.416 e. The highest BCUT2D eigenvalue weighted by Crippen LogP contribution is 2.39. The highest BCUT2D eigenvalue weighted by molar-refractivity contribution is 5.93. The van der Waals surface area contributed by atoms with Gasteiger partial charge in [0.25, 0.3) is 0 Å². The summed E-state index contributed by atoms with van der Waals surface area (Å²) in [6.07, 6.45) is -1.38. The van der Waals surface area contributed by atoms with Crippen molar-refractivity contribution in [3.63, 3.8) is 0 Å². The Morgan fingerprint density at radius 3 is 2.79 bits per heavy atom. The third-order valence-electron chi connectivity index (χ3n) is 6.92. The Bertz CT molecular complexity index is 1580. The second kappa shape index (κ2) is 9.57. The van der Waals surface area contributed by atoms with E-state index in [1.807, 2.05) is 37.2 Å². The molecule has 0 spiro atoms. The molecule has 2 N–H and O–H groups in total. The maximum absolute atomic E-state index is 13.6. The van der Waals surface area contributed by atoms with Gasteiger partial charge in [-0.25, -0.2) is 9.97 Å². The lowest BCUT2D eigenvalue weighted by Gasteiger charge is -2.25. The fourth-order valence-corrected chi connectivity index (χ4v) is 5.12. The van der Waals surface area contributed by atoms with Crippen molar-refractivity contribution < 1.29 is 27.4 Å². The second-order valence-electron chi connectivity index (χ2n) is 10.2. The van der Waals surface area contributed by atoms with E-state index in [2.05, 4.69) is 15.3 Å². The van der Waals surface area contributed by atoms with Crippen molar-refractivity contribution in [2.75, 3.05) is 26.0 Å². The zero-order chi connectivity index (χ0) is 27.3. The van der Waals surface area contributed by atoms with Crippen molar-refractivity contribution in [1.82, 2.24) is 19.9 Å². The molecular formula is C28H26F3N5O3.